The minimum Gasteiger partial charge on any atom is -0.463 e. The van der Waals surface area contributed by atoms with E-state index in [9.17, 15) is 5.11 Å². The lowest BCUT2D eigenvalue weighted by molar-refractivity contribution is 0.173. The number of ether oxygens (including phenoxy) is 2. The number of hydrogen-bond acceptors (Lipinski definition) is 5. The Labute approximate surface area is 116 Å². The normalized spacial score (nSPS) is 14.5. The molecule has 0 fully saturated rings. The highest BCUT2D eigenvalue weighted by Crippen LogP contribution is 2.35. The van der Waals surface area contributed by atoms with Crippen molar-refractivity contribution < 1.29 is 24.1 Å². The van der Waals surface area contributed by atoms with Gasteiger partial charge in [0, 0.05) is 13.0 Å². The molecule has 1 aromatic carbocycles. The summed E-state index contributed by atoms with van der Waals surface area (Å²) in [5, 5.41) is 19.1. The number of fused-ring (bicyclic) bond motifs is 1. The van der Waals surface area contributed by atoms with E-state index in [1.54, 1.807) is 24.3 Å². The summed E-state index contributed by atoms with van der Waals surface area (Å²) in [6.45, 7) is 0.335. The Bertz CT molecular complexity index is 590. The zero-order chi connectivity index (χ0) is 13.9. The molecular formula is C15H16O5. The zero-order valence-corrected chi connectivity index (χ0v) is 10.9. The van der Waals surface area contributed by atoms with E-state index in [-0.39, 0.29) is 13.4 Å². The molecule has 1 aliphatic heterocycles. The van der Waals surface area contributed by atoms with Crippen LogP contribution in [-0.2, 0) is 6.42 Å². The van der Waals surface area contributed by atoms with Crippen molar-refractivity contribution in [2.75, 3.05) is 13.4 Å². The number of rotatable bonds is 5. The standard InChI is InChI=1S/C15H16O5/c16-7-1-2-11-4-6-13(20-11)15(17)10-3-5-12-14(8-10)19-9-18-12/h3-6,8,15-17H,1-2,7,9H2. The van der Waals surface area contributed by atoms with Crippen LogP contribution in [0.5, 0.6) is 11.5 Å². The SMILES string of the molecule is OCCCc1ccc(C(O)c2ccc3c(c2)OCO3)o1. The molecule has 2 heterocycles. The van der Waals surface area contributed by atoms with Crippen molar-refractivity contribution in [2.24, 2.45) is 0 Å². The predicted octanol–water partition coefficient (Wildman–Crippen LogP) is 2.01. The molecule has 3 rings (SSSR count). The molecule has 5 heteroatoms. The van der Waals surface area contributed by atoms with Crippen molar-refractivity contribution in [3.8, 4) is 11.5 Å². The van der Waals surface area contributed by atoms with Crippen LogP contribution in [0.2, 0.25) is 0 Å². The summed E-state index contributed by atoms with van der Waals surface area (Å²) < 4.78 is 16.1. The van der Waals surface area contributed by atoms with Crippen LogP contribution in [-0.4, -0.2) is 23.6 Å². The van der Waals surface area contributed by atoms with E-state index in [4.69, 9.17) is 19.0 Å². The van der Waals surface area contributed by atoms with Crippen LogP contribution in [0.25, 0.3) is 0 Å². The Hall–Kier alpha value is -1.98. The lowest BCUT2D eigenvalue weighted by atomic mass is 10.1. The molecule has 0 spiro atoms. The van der Waals surface area contributed by atoms with Crippen LogP contribution < -0.4 is 9.47 Å². The summed E-state index contributed by atoms with van der Waals surface area (Å²) in [5.41, 5.74) is 0.692. The van der Waals surface area contributed by atoms with Crippen LogP contribution in [0.15, 0.2) is 34.7 Å². The molecule has 2 N–H and O–H groups in total. The Morgan fingerprint density at radius 2 is 1.95 bits per heavy atom. The third kappa shape index (κ3) is 2.50. The van der Waals surface area contributed by atoms with E-state index in [2.05, 4.69) is 0 Å². The van der Waals surface area contributed by atoms with Crippen molar-refractivity contribution >= 4 is 0 Å². The zero-order valence-electron chi connectivity index (χ0n) is 10.9. The fraction of sp³-hybridized carbons (Fsp3) is 0.333. The number of aryl methyl sites for hydroxylation is 1. The molecule has 1 aliphatic rings. The van der Waals surface area contributed by atoms with Crippen molar-refractivity contribution in [3.63, 3.8) is 0 Å². The minimum absolute atomic E-state index is 0.126. The van der Waals surface area contributed by atoms with Gasteiger partial charge in [0.25, 0.3) is 0 Å². The second-order valence-electron chi connectivity index (χ2n) is 4.65. The van der Waals surface area contributed by atoms with Gasteiger partial charge in [0.1, 0.15) is 17.6 Å². The summed E-state index contributed by atoms with van der Waals surface area (Å²) in [5.74, 6) is 2.56. The van der Waals surface area contributed by atoms with Gasteiger partial charge in [-0.25, -0.2) is 0 Å². The van der Waals surface area contributed by atoms with Crippen molar-refractivity contribution in [3.05, 3.63) is 47.4 Å². The first kappa shape index (κ1) is 13.0. The molecule has 0 amide bonds. The number of aliphatic hydroxyl groups excluding tert-OH is 2. The molecule has 0 radical (unpaired) electrons. The first-order chi connectivity index (χ1) is 9.78. The Kier molecular flexibility index (Phi) is 3.62. The summed E-state index contributed by atoms with van der Waals surface area (Å²) in [6, 6.07) is 8.89. The van der Waals surface area contributed by atoms with Gasteiger partial charge >= 0.3 is 0 Å². The van der Waals surface area contributed by atoms with Crippen molar-refractivity contribution in [1.29, 1.82) is 0 Å². The lowest BCUT2D eigenvalue weighted by Crippen LogP contribution is -1.98. The Morgan fingerprint density at radius 3 is 2.80 bits per heavy atom. The number of benzene rings is 1. The molecule has 1 aromatic heterocycles. The van der Waals surface area contributed by atoms with Gasteiger partial charge in [0.05, 0.1) is 0 Å². The van der Waals surface area contributed by atoms with Gasteiger partial charge in [0.15, 0.2) is 11.5 Å². The first-order valence-corrected chi connectivity index (χ1v) is 6.55. The molecule has 5 nitrogen and oxygen atoms in total. The third-order valence-electron chi connectivity index (χ3n) is 3.25. The highest BCUT2D eigenvalue weighted by Gasteiger charge is 2.19. The van der Waals surface area contributed by atoms with E-state index in [0.717, 1.165) is 5.76 Å². The molecule has 20 heavy (non-hydrogen) atoms. The lowest BCUT2D eigenvalue weighted by Gasteiger charge is -2.09. The molecule has 2 aromatic rings. The summed E-state index contributed by atoms with van der Waals surface area (Å²) >= 11 is 0. The van der Waals surface area contributed by atoms with Crippen LogP contribution in [0.3, 0.4) is 0 Å². The highest BCUT2D eigenvalue weighted by molar-refractivity contribution is 5.46. The second-order valence-corrected chi connectivity index (χ2v) is 4.65. The van der Waals surface area contributed by atoms with Crippen molar-refractivity contribution in [1.82, 2.24) is 0 Å². The topological polar surface area (TPSA) is 72.1 Å². The smallest absolute Gasteiger partial charge is 0.231 e. The summed E-state index contributed by atoms with van der Waals surface area (Å²) in [7, 11) is 0. The van der Waals surface area contributed by atoms with Gasteiger partial charge in [-0.1, -0.05) is 6.07 Å². The Morgan fingerprint density at radius 1 is 1.10 bits per heavy atom. The number of furan rings is 1. The average Bonchev–Trinajstić information content (AvgIpc) is 3.12. The van der Waals surface area contributed by atoms with Gasteiger partial charge in [-0.3, -0.25) is 0 Å². The number of hydrogen-bond donors (Lipinski definition) is 2. The molecule has 0 bridgehead atoms. The first-order valence-electron chi connectivity index (χ1n) is 6.55. The van der Waals surface area contributed by atoms with Gasteiger partial charge in [-0.15, -0.1) is 0 Å². The van der Waals surface area contributed by atoms with Gasteiger partial charge in [0.2, 0.25) is 6.79 Å². The summed E-state index contributed by atoms with van der Waals surface area (Å²) in [6.07, 6.45) is 0.463. The van der Waals surface area contributed by atoms with Gasteiger partial charge < -0.3 is 24.1 Å². The molecular weight excluding hydrogens is 260 g/mol. The predicted molar refractivity (Wildman–Crippen MR) is 70.7 cm³/mol. The summed E-state index contributed by atoms with van der Waals surface area (Å²) in [4.78, 5) is 0. The minimum atomic E-state index is -0.840. The maximum atomic E-state index is 10.3. The monoisotopic (exact) mass is 276 g/mol. The number of aliphatic hydroxyl groups is 2. The fourth-order valence-electron chi connectivity index (χ4n) is 2.18. The third-order valence-corrected chi connectivity index (χ3v) is 3.25. The quantitative estimate of drug-likeness (QED) is 0.874. The van der Waals surface area contributed by atoms with Crippen LogP contribution in [0.4, 0.5) is 0 Å². The molecule has 0 saturated heterocycles. The van der Waals surface area contributed by atoms with E-state index >= 15 is 0 Å². The van der Waals surface area contributed by atoms with E-state index in [1.807, 2.05) is 6.07 Å². The molecule has 1 unspecified atom stereocenters. The molecule has 1 atom stereocenters. The van der Waals surface area contributed by atoms with Gasteiger partial charge in [-0.2, -0.15) is 0 Å². The molecule has 0 aliphatic carbocycles. The van der Waals surface area contributed by atoms with Crippen LogP contribution in [0.1, 0.15) is 29.6 Å². The maximum Gasteiger partial charge on any atom is 0.231 e. The molecule has 106 valence electrons. The Balaban J connectivity index is 1.78. The van der Waals surface area contributed by atoms with E-state index in [1.165, 1.54) is 0 Å². The van der Waals surface area contributed by atoms with E-state index < -0.39 is 6.10 Å². The van der Waals surface area contributed by atoms with E-state index in [0.29, 0.717) is 35.7 Å². The second kappa shape index (κ2) is 5.56. The largest absolute Gasteiger partial charge is 0.463 e. The molecule has 0 saturated carbocycles. The average molecular weight is 276 g/mol. The fourth-order valence-corrected chi connectivity index (χ4v) is 2.18. The van der Waals surface area contributed by atoms with Crippen molar-refractivity contribution in [2.45, 2.75) is 18.9 Å². The van der Waals surface area contributed by atoms with Crippen LogP contribution >= 0.6 is 0 Å². The highest BCUT2D eigenvalue weighted by atomic mass is 16.7. The maximum absolute atomic E-state index is 10.3. The van der Waals surface area contributed by atoms with Crippen LogP contribution in [0, 0.1) is 0 Å². The van der Waals surface area contributed by atoms with Gasteiger partial charge in [-0.05, 0) is 36.2 Å².